The van der Waals surface area contributed by atoms with Crippen molar-refractivity contribution < 1.29 is 22.4 Å². The molecule has 0 aliphatic rings. The van der Waals surface area contributed by atoms with E-state index in [0.717, 1.165) is 27.6 Å². The number of hydrogen-bond acceptors (Lipinski definition) is 4. The third-order valence-corrected chi connectivity index (χ3v) is 8.09. The van der Waals surface area contributed by atoms with Gasteiger partial charge in [-0.15, -0.1) is 0 Å². The average molecular weight is 560 g/mol. The van der Waals surface area contributed by atoms with Crippen LogP contribution >= 0.6 is 11.6 Å². The van der Waals surface area contributed by atoms with E-state index >= 15 is 0 Å². The molecule has 0 aromatic heterocycles. The molecule has 3 aromatic carbocycles. The number of nitrogens with zero attached hydrogens (tertiary/aromatic N) is 2. The lowest BCUT2D eigenvalue weighted by Crippen LogP contribution is -2.52. The van der Waals surface area contributed by atoms with E-state index in [0.29, 0.717) is 13.0 Å². The molecule has 3 rings (SSSR count). The summed E-state index contributed by atoms with van der Waals surface area (Å²) in [6.07, 6.45) is 0.317. The summed E-state index contributed by atoms with van der Waals surface area (Å²) in [7, 11) is -4.25. The number of carbonyl (C=O) groups excluding carboxylic acids is 2. The standard InChI is InChI=1S/C28H31ClFN3O4S/c1-4-26(28(35)31-5-2)32(18-21-13-11-20(3)12-14-21)27(34)19-33(22-15-16-25(30)24(29)17-22)38(36,37)23-9-7-6-8-10-23/h6-17,26H,4-5,18-19H2,1-3H3,(H,31,35). The van der Waals surface area contributed by atoms with Crippen molar-refractivity contribution in [3.8, 4) is 0 Å². The van der Waals surface area contributed by atoms with Gasteiger partial charge in [-0.25, -0.2) is 12.8 Å². The molecule has 0 saturated heterocycles. The topological polar surface area (TPSA) is 86.8 Å². The Balaban J connectivity index is 2.06. The third-order valence-electron chi connectivity index (χ3n) is 6.01. The van der Waals surface area contributed by atoms with Crippen LogP contribution in [0.3, 0.4) is 0 Å². The molecule has 10 heteroatoms. The fourth-order valence-corrected chi connectivity index (χ4v) is 5.59. The van der Waals surface area contributed by atoms with Gasteiger partial charge in [-0.2, -0.15) is 0 Å². The molecule has 1 atom stereocenters. The van der Waals surface area contributed by atoms with Gasteiger partial charge in [-0.3, -0.25) is 13.9 Å². The van der Waals surface area contributed by atoms with E-state index in [-0.39, 0.29) is 28.1 Å². The van der Waals surface area contributed by atoms with Crippen LogP contribution in [0.15, 0.2) is 77.7 Å². The molecule has 3 aromatic rings. The molecule has 202 valence electrons. The second-order valence-electron chi connectivity index (χ2n) is 8.75. The predicted molar refractivity (Wildman–Crippen MR) is 147 cm³/mol. The van der Waals surface area contributed by atoms with E-state index in [9.17, 15) is 22.4 Å². The lowest BCUT2D eigenvalue weighted by Gasteiger charge is -2.33. The van der Waals surface area contributed by atoms with E-state index in [2.05, 4.69) is 5.32 Å². The Morgan fingerprint density at radius 1 is 1.00 bits per heavy atom. The van der Waals surface area contributed by atoms with Crippen molar-refractivity contribution in [2.45, 2.75) is 44.7 Å². The number of sulfonamides is 1. The van der Waals surface area contributed by atoms with Gasteiger partial charge in [0, 0.05) is 13.1 Å². The van der Waals surface area contributed by atoms with Crippen LogP contribution < -0.4 is 9.62 Å². The zero-order valence-corrected chi connectivity index (χ0v) is 23.1. The van der Waals surface area contributed by atoms with Crippen LogP contribution in [-0.2, 0) is 26.2 Å². The molecule has 1 unspecified atom stereocenters. The van der Waals surface area contributed by atoms with Crippen LogP contribution in [0, 0.1) is 12.7 Å². The zero-order chi connectivity index (χ0) is 27.9. The number of rotatable bonds is 11. The maximum Gasteiger partial charge on any atom is 0.264 e. The van der Waals surface area contributed by atoms with Crippen molar-refractivity contribution in [1.82, 2.24) is 10.2 Å². The maximum atomic E-state index is 13.9. The number of hydrogen-bond donors (Lipinski definition) is 1. The molecule has 2 amide bonds. The Morgan fingerprint density at radius 2 is 1.66 bits per heavy atom. The van der Waals surface area contributed by atoms with E-state index in [4.69, 9.17) is 11.6 Å². The van der Waals surface area contributed by atoms with E-state index in [1.165, 1.54) is 23.1 Å². The highest BCUT2D eigenvalue weighted by molar-refractivity contribution is 7.92. The number of amides is 2. The SMILES string of the molecule is CCNC(=O)C(CC)N(Cc1ccc(C)cc1)C(=O)CN(c1ccc(F)c(Cl)c1)S(=O)(=O)c1ccccc1. The van der Waals surface area contributed by atoms with Crippen LogP contribution in [0.2, 0.25) is 5.02 Å². The van der Waals surface area contributed by atoms with Crippen molar-refractivity contribution in [3.05, 3.63) is 94.8 Å². The van der Waals surface area contributed by atoms with Crippen LogP contribution in [0.5, 0.6) is 0 Å². The summed E-state index contributed by atoms with van der Waals surface area (Å²) in [4.78, 5) is 28.1. The molecule has 7 nitrogen and oxygen atoms in total. The minimum Gasteiger partial charge on any atom is -0.355 e. The first-order valence-electron chi connectivity index (χ1n) is 12.2. The van der Waals surface area contributed by atoms with Crippen LogP contribution in [0.1, 0.15) is 31.4 Å². The number of benzene rings is 3. The van der Waals surface area contributed by atoms with E-state index in [1.54, 1.807) is 32.0 Å². The molecule has 0 radical (unpaired) electrons. The molecular weight excluding hydrogens is 529 g/mol. The summed E-state index contributed by atoms with van der Waals surface area (Å²) in [6.45, 7) is 5.36. The normalized spacial score (nSPS) is 12.0. The van der Waals surface area contributed by atoms with Gasteiger partial charge in [-0.1, -0.05) is 66.6 Å². The molecule has 0 saturated carbocycles. The summed E-state index contributed by atoms with van der Waals surface area (Å²) >= 11 is 5.98. The van der Waals surface area contributed by atoms with Crippen molar-refractivity contribution in [1.29, 1.82) is 0 Å². The first-order chi connectivity index (χ1) is 18.1. The Hall–Kier alpha value is -3.43. The van der Waals surface area contributed by atoms with Gasteiger partial charge in [0.25, 0.3) is 10.0 Å². The summed E-state index contributed by atoms with van der Waals surface area (Å²) < 4.78 is 42.2. The van der Waals surface area contributed by atoms with Crippen molar-refractivity contribution in [2.24, 2.45) is 0 Å². The summed E-state index contributed by atoms with van der Waals surface area (Å²) in [5, 5.41) is 2.47. The number of carbonyl (C=O) groups is 2. The predicted octanol–water partition coefficient (Wildman–Crippen LogP) is 4.93. The molecule has 0 spiro atoms. The molecule has 0 bridgehead atoms. The second kappa shape index (κ2) is 12.9. The van der Waals surface area contributed by atoms with E-state index < -0.39 is 34.3 Å². The molecule has 38 heavy (non-hydrogen) atoms. The van der Waals surface area contributed by atoms with Crippen molar-refractivity contribution >= 4 is 39.1 Å². The van der Waals surface area contributed by atoms with Gasteiger partial charge in [-0.05, 0) is 56.2 Å². The van der Waals surface area contributed by atoms with Gasteiger partial charge >= 0.3 is 0 Å². The van der Waals surface area contributed by atoms with Gasteiger partial charge in [0.15, 0.2) is 0 Å². The Morgan fingerprint density at radius 3 is 2.24 bits per heavy atom. The number of anilines is 1. The lowest BCUT2D eigenvalue weighted by molar-refractivity contribution is -0.140. The number of aryl methyl sites for hydroxylation is 1. The van der Waals surface area contributed by atoms with Gasteiger partial charge in [0.05, 0.1) is 15.6 Å². The van der Waals surface area contributed by atoms with Crippen LogP contribution in [0.25, 0.3) is 0 Å². The molecule has 0 aliphatic carbocycles. The second-order valence-corrected chi connectivity index (χ2v) is 11.0. The van der Waals surface area contributed by atoms with Gasteiger partial charge in [0.2, 0.25) is 11.8 Å². The molecular formula is C28H31ClFN3O4S. The molecule has 0 fully saturated rings. The maximum absolute atomic E-state index is 13.9. The molecule has 1 N–H and O–H groups in total. The third kappa shape index (κ3) is 6.90. The number of nitrogens with one attached hydrogen (secondary N) is 1. The fraction of sp³-hybridized carbons (Fsp3) is 0.286. The van der Waals surface area contributed by atoms with Crippen LogP contribution in [0.4, 0.5) is 10.1 Å². The highest BCUT2D eigenvalue weighted by atomic mass is 35.5. The Labute approximate surface area is 228 Å². The molecule has 0 aliphatic heterocycles. The average Bonchev–Trinajstić information content (AvgIpc) is 2.90. The van der Waals surface area contributed by atoms with Crippen molar-refractivity contribution in [3.63, 3.8) is 0 Å². The first-order valence-corrected chi connectivity index (χ1v) is 14.1. The number of likely N-dealkylation sites (N-methyl/N-ethyl adjacent to an activating group) is 1. The van der Waals surface area contributed by atoms with E-state index in [1.807, 2.05) is 31.2 Å². The minimum absolute atomic E-state index is 0.0231. The quantitative estimate of drug-likeness (QED) is 0.361. The fourth-order valence-electron chi connectivity index (χ4n) is 3.99. The first kappa shape index (κ1) is 29.1. The highest BCUT2D eigenvalue weighted by Gasteiger charge is 2.33. The highest BCUT2D eigenvalue weighted by Crippen LogP contribution is 2.28. The van der Waals surface area contributed by atoms with Gasteiger partial charge < -0.3 is 10.2 Å². The minimum atomic E-state index is -4.25. The lowest BCUT2D eigenvalue weighted by atomic mass is 10.1. The summed E-state index contributed by atoms with van der Waals surface area (Å²) in [5.74, 6) is -1.65. The summed E-state index contributed by atoms with van der Waals surface area (Å²) in [6, 6.07) is 17.8. The summed E-state index contributed by atoms with van der Waals surface area (Å²) in [5.41, 5.74) is 1.85. The van der Waals surface area contributed by atoms with Crippen LogP contribution in [-0.4, -0.2) is 44.3 Å². The zero-order valence-electron chi connectivity index (χ0n) is 21.5. The smallest absolute Gasteiger partial charge is 0.264 e. The largest absolute Gasteiger partial charge is 0.355 e. The van der Waals surface area contributed by atoms with Crippen molar-refractivity contribution in [2.75, 3.05) is 17.4 Å². The number of halogens is 2. The monoisotopic (exact) mass is 559 g/mol. The Bertz CT molecular complexity index is 1370. The Kier molecular flexibility index (Phi) is 9.88. The van der Waals surface area contributed by atoms with Gasteiger partial charge in [0.1, 0.15) is 18.4 Å². The molecule has 0 heterocycles.